The lowest BCUT2D eigenvalue weighted by molar-refractivity contribution is -0.143. The third-order valence-electron chi connectivity index (χ3n) is 3.96. The van der Waals surface area contributed by atoms with Crippen molar-refractivity contribution in [3.05, 3.63) is 22.4 Å². The molecule has 0 aliphatic carbocycles. The number of hydrogen-bond donors (Lipinski definition) is 3. The maximum atomic E-state index is 12.5. The molecular weight excluding hydrogens is 480 g/mol. The van der Waals surface area contributed by atoms with Crippen LogP contribution in [0.3, 0.4) is 0 Å². The lowest BCUT2D eigenvalue weighted by Crippen LogP contribution is -2.45. The van der Waals surface area contributed by atoms with Gasteiger partial charge in [0.1, 0.15) is 5.60 Å². The van der Waals surface area contributed by atoms with Gasteiger partial charge in [0.15, 0.2) is 5.96 Å². The fraction of sp³-hybridized carbons (Fsp3) is 0.688. The molecule has 1 aromatic rings. The van der Waals surface area contributed by atoms with E-state index in [4.69, 9.17) is 0 Å². The number of guanidine groups is 1. The van der Waals surface area contributed by atoms with Crippen LogP contribution >= 0.6 is 35.3 Å². The van der Waals surface area contributed by atoms with Crippen molar-refractivity contribution in [1.29, 1.82) is 0 Å². The standard InChI is InChI=1S/C16H25F3N4OS.HI/c1-3-20-14(21-10-15(2,24)13-5-4-8-25-13)22-12-6-7-23(9-12)11-16(17,18)19;/h4-5,8,12,24H,3,6-7,9-11H2,1-2H3,(H2,20,21,22);1H. The topological polar surface area (TPSA) is 59.9 Å². The average molecular weight is 506 g/mol. The summed E-state index contributed by atoms with van der Waals surface area (Å²) in [5.41, 5.74) is -1.07. The van der Waals surface area contributed by atoms with E-state index in [0.717, 1.165) is 4.88 Å². The summed E-state index contributed by atoms with van der Waals surface area (Å²) in [7, 11) is 0. The van der Waals surface area contributed by atoms with Gasteiger partial charge in [-0.05, 0) is 31.7 Å². The van der Waals surface area contributed by atoms with Crippen molar-refractivity contribution in [1.82, 2.24) is 15.5 Å². The molecule has 3 N–H and O–H groups in total. The van der Waals surface area contributed by atoms with Gasteiger partial charge in [-0.3, -0.25) is 4.90 Å². The molecule has 2 atom stereocenters. The zero-order chi connectivity index (χ0) is 18.5. The van der Waals surface area contributed by atoms with Gasteiger partial charge in [-0.15, -0.1) is 35.3 Å². The smallest absolute Gasteiger partial charge is 0.383 e. The van der Waals surface area contributed by atoms with Crippen LogP contribution < -0.4 is 10.6 Å². The highest BCUT2D eigenvalue weighted by Gasteiger charge is 2.34. The van der Waals surface area contributed by atoms with Gasteiger partial charge in [0, 0.05) is 30.6 Å². The summed E-state index contributed by atoms with van der Waals surface area (Å²) in [4.78, 5) is 6.63. The van der Waals surface area contributed by atoms with E-state index in [1.54, 1.807) is 6.92 Å². The van der Waals surface area contributed by atoms with Crippen LogP contribution in [0.2, 0.25) is 0 Å². The number of aliphatic hydroxyl groups is 1. The number of nitrogens with one attached hydrogen (secondary N) is 2. The predicted molar refractivity (Wildman–Crippen MR) is 109 cm³/mol. The monoisotopic (exact) mass is 506 g/mol. The molecule has 1 fully saturated rings. The number of alkyl halides is 3. The predicted octanol–water partition coefficient (Wildman–Crippen LogP) is 2.77. The lowest BCUT2D eigenvalue weighted by Gasteiger charge is -2.22. The second kappa shape index (κ2) is 10.1. The Morgan fingerprint density at radius 1 is 1.46 bits per heavy atom. The van der Waals surface area contributed by atoms with E-state index in [-0.39, 0.29) is 36.6 Å². The van der Waals surface area contributed by atoms with Gasteiger partial charge in [0.2, 0.25) is 0 Å². The quantitative estimate of drug-likeness (QED) is 0.316. The van der Waals surface area contributed by atoms with Crippen LogP contribution in [-0.4, -0.2) is 60.9 Å². The van der Waals surface area contributed by atoms with Crippen molar-refractivity contribution in [2.45, 2.75) is 38.1 Å². The van der Waals surface area contributed by atoms with E-state index >= 15 is 0 Å². The summed E-state index contributed by atoms with van der Waals surface area (Å²) >= 11 is 1.46. The summed E-state index contributed by atoms with van der Waals surface area (Å²) in [6.07, 6.45) is -3.55. The SMILES string of the molecule is CCNC(=NCC(C)(O)c1cccs1)NC1CCN(CC(F)(F)F)C1.I. The molecule has 1 aliphatic rings. The number of nitrogens with zero attached hydrogens (tertiary/aromatic N) is 2. The number of hydrogen-bond acceptors (Lipinski definition) is 4. The first kappa shape index (κ1) is 23.4. The highest BCUT2D eigenvalue weighted by atomic mass is 127. The first-order valence-electron chi connectivity index (χ1n) is 8.30. The van der Waals surface area contributed by atoms with Crippen molar-refractivity contribution >= 4 is 41.3 Å². The Kier molecular flexibility index (Phi) is 9.10. The molecule has 1 aliphatic heterocycles. The highest BCUT2D eigenvalue weighted by molar-refractivity contribution is 14.0. The van der Waals surface area contributed by atoms with Gasteiger partial charge >= 0.3 is 6.18 Å². The molecule has 0 bridgehead atoms. The lowest BCUT2D eigenvalue weighted by atomic mass is 10.1. The van der Waals surface area contributed by atoms with Gasteiger partial charge in [0.05, 0.1) is 13.1 Å². The summed E-state index contributed by atoms with van der Waals surface area (Å²) in [6.45, 7) is 4.26. The minimum Gasteiger partial charge on any atom is -0.383 e. The molecule has 2 heterocycles. The van der Waals surface area contributed by atoms with E-state index in [1.165, 1.54) is 16.2 Å². The summed E-state index contributed by atoms with van der Waals surface area (Å²) < 4.78 is 37.4. The Balaban J connectivity index is 0.00000338. The van der Waals surface area contributed by atoms with Crippen LogP contribution in [0, 0.1) is 0 Å². The molecule has 10 heteroatoms. The van der Waals surface area contributed by atoms with Crippen LogP contribution in [-0.2, 0) is 5.60 Å². The number of rotatable bonds is 6. The molecule has 0 amide bonds. The Bertz CT molecular complexity index is 566. The number of likely N-dealkylation sites (tertiary alicyclic amines) is 1. The second-order valence-electron chi connectivity index (χ2n) is 6.43. The van der Waals surface area contributed by atoms with Crippen LogP contribution in [0.4, 0.5) is 13.2 Å². The van der Waals surface area contributed by atoms with Gasteiger partial charge < -0.3 is 15.7 Å². The normalized spacial score (nSPS) is 21.2. The second-order valence-corrected chi connectivity index (χ2v) is 7.37. The molecule has 1 aromatic heterocycles. The summed E-state index contributed by atoms with van der Waals surface area (Å²) in [6, 6.07) is 3.63. The minimum atomic E-state index is -4.17. The van der Waals surface area contributed by atoms with Crippen LogP contribution in [0.15, 0.2) is 22.5 Å². The van der Waals surface area contributed by atoms with Crippen LogP contribution in [0.5, 0.6) is 0 Å². The number of aliphatic imine (C=N–C) groups is 1. The van der Waals surface area contributed by atoms with Gasteiger partial charge in [-0.2, -0.15) is 13.2 Å². The van der Waals surface area contributed by atoms with E-state index in [9.17, 15) is 18.3 Å². The van der Waals surface area contributed by atoms with Gasteiger partial charge in [-0.1, -0.05) is 6.07 Å². The largest absolute Gasteiger partial charge is 0.401 e. The molecule has 0 saturated carbocycles. The van der Waals surface area contributed by atoms with Crippen molar-refractivity contribution < 1.29 is 18.3 Å². The fourth-order valence-electron chi connectivity index (χ4n) is 2.76. The van der Waals surface area contributed by atoms with Crippen molar-refractivity contribution in [2.75, 3.05) is 32.7 Å². The van der Waals surface area contributed by atoms with Crippen molar-refractivity contribution in [2.24, 2.45) is 4.99 Å². The zero-order valence-electron chi connectivity index (χ0n) is 14.8. The highest BCUT2D eigenvalue weighted by Crippen LogP contribution is 2.25. The minimum absolute atomic E-state index is 0. The van der Waals surface area contributed by atoms with E-state index < -0.39 is 18.3 Å². The third-order valence-corrected chi connectivity index (χ3v) is 5.08. The zero-order valence-corrected chi connectivity index (χ0v) is 18.0. The average Bonchev–Trinajstić information content (AvgIpc) is 3.15. The van der Waals surface area contributed by atoms with E-state index in [0.29, 0.717) is 32.0 Å². The maximum Gasteiger partial charge on any atom is 0.401 e. The van der Waals surface area contributed by atoms with Crippen molar-refractivity contribution in [3.8, 4) is 0 Å². The van der Waals surface area contributed by atoms with Gasteiger partial charge in [0.25, 0.3) is 0 Å². The Hall–Kier alpha value is -0.590. The molecule has 26 heavy (non-hydrogen) atoms. The number of halogens is 4. The molecule has 0 aromatic carbocycles. The summed E-state index contributed by atoms with van der Waals surface area (Å²) in [5, 5.41) is 18.7. The summed E-state index contributed by atoms with van der Waals surface area (Å²) in [5.74, 6) is 0.512. The molecule has 150 valence electrons. The number of thiophene rings is 1. The third kappa shape index (κ3) is 7.57. The first-order valence-corrected chi connectivity index (χ1v) is 9.18. The Morgan fingerprint density at radius 3 is 2.77 bits per heavy atom. The fourth-order valence-corrected chi connectivity index (χ4v) is 3.54. The molecule has 0 spiro atoms. The maximum absolute atomic E-state index is 12.5. The van der Waals surface area contributed by atoms with Gasteiger partial charge in [-0.25, -0.2) is 4.99 Å². The Labute approximate surface area is 173 Å². The van der Waals surface area contributed by atoms with Crippen molar-refractivity contribution in [3.63, 3.8) is 0 Å². The Morgan fingerprint density at radius 2 is 2.19 bits per heavy atom. The van der Waals surface area contributed by atoms with Crippen LogP contribution in [0.1, 0.15) is 25.1 Å². The van der Waals surface area contributed by atoms with E-state index in [2.05, 4.69) is 15.6 Å². The molecule has 0 radical (unpaired) electrons. The molecule has 1 saturated heterocycles. The van der Waals surface area contributed by atoms with Crippen LogP contribution in [0.25, 0.3) is 0 Å². The molecule has 2 unspecified atom stereocenters. The first-order chi connectivity index (χ1) is 11.7. The molecular formula is C16H26F3IN4OS. The molecule has 2 rings (SSSR count). The van der Waals surface area contributed by atoms with E-state index in [1.807, 2.05) is 24.4 Å². The molecule has 5 nitrogen and oxygen atoms in total.